The number of hydrogen-bond donors (Lipinski definition) is 0. The Balaban J connectivity index is 2.20. The lowest BCUT2D eigenvalue weighted by Gasteiger charge is -2.20. The number of amides is 1. The van der Waals surface area contributed by atoms with Gasteiger partial charge in [0.25, 0.3) is 0 Å². The molecule has 0 radical (unpaired) electrons. The lowest BCUT2D eigenvalue weighted by Crippen LogP contribution is -2.34. The molecule has 0 spiro atoms. The predicted molar refractivity (Wildman–Crippen MR) is 90.8 cm³/mol. The highest BCUT2D eigenvalue weighted by Gasteiger charge is 2.26. The molecular weight excluding hydrogens is 326 g/mol. The first-order valence-corrected chi connectivity index (χ1v) is 8.90. The van der Waals surface area contributed by atoms with E-state index in [0.29, 0.717) is 10.7 Å². The minimum atomic E-state index is -0.489. The van der Waals surface area contributed by atoms with Gasteiger partial charge in [-0.2, -0.15) is 5.26 Å². The van der Waals surface area contributed by atoms with Crippen LogP contribution in [0.3, 0.4) is 0 Å². The summed E-state index contributed by atoms with van der Waals surface area (Å²) in [5.74, 6) is -0.424. The number of pyridine rings is 1. The number of aryl methyl sites for hydroxylation is 1. The van der Waals surface area contributed by atoms with Crippen LogP contribution in [0.5, 0.6) is 0 Å². The van der Waals surface area contributed by atoms with Crippen molar-refractivity contribution in [3.8, 4) is 6.07 Å². The largest absolute Gasteiger partial charge is 0.462 e. The molecule has 24 heavy (non-hydrogen) atoms. The molecule has 1 aliphatic heterocycles. The van der Waals surface area contributed by atoms with Gasteiger partial charge in [-0.05, 0) is 39.7 Å². The highest BCUT2D eigenvalue weighted by atomic mass is 32.2. The molecule has 1 aromatic rings. The fourth-order valence-corrected chi connectivity index (χ4v) is 3.59. The van der Waals surface area contributed by atoms with E-state index in [9.17, 15) is 14.9 Å². The quantitative estimate of drug-likeness (QED) is 0.601. The van der Waals surface area contributed by atoms with Gasteiger partial charge < -0.3 is 9.64 Å². The van der Waals surface area contributed by atoms with E-state index in [4.69, 9.17) is 4.74 Å². The predicted octanol–water partition coefficient (Wildman–Crippen LogP) is 2.54. The van der Waals surface area contributed by atoms with E-state index in [-0.39, 0.29) is 28.9 Å². The fourth-order valence-electron chi connectivity index (χ4n) is 2.58. The Hall–Kier alpha value is -2.07. The van der Waals surface area contributed by atoms with Gasteiger partial charge in [0.05, 0.1) is 28.7 Å². The van der Waals surface area contributed by atoms with Crippen LogP contribution in [0.1, 0.15) is 48.3 Å². The second-order valence-electron chi connectivity index (χ2n) is 5.60. The molecule has 1 unspecified atom stereocenters. The van der Waals surface area contributed by atoms with Gasteiger partial charge in [-0.3, -0.25) is 4.79 Å². The van der Waals surface area contributed by atoms with Crippen molar-refractivity contribution in [2.45, 2.75) is 43.9 Å². The smallest absolute Gasteiger partial charge is 0.340 e. The molecule has 0 saturated carbocycles. The van der Waals surface area contributed by atoms with Crippen molar-refractivity contribution in [2.75, 3.05) is 19.7 Å². The molecule has 0 N–H and O–H groups in total. The summed E-state index contributed by atoms with van der Waals surface area (Å²) in [6, 6.07) is 3.55. The number of carbonyl (C=O) groups is 2. The standard InChI is InChI=1S/C17H21N3O3S/c1-4-23-17(22)14-9-13(10-18)15(19-11(14)2)24-12(3)16(21)20-7-5-6-8-20/h9,12H,4-8H2,1-3H3. The van der Waals surface area contributed by atoms with Crippen molar-refractivity contribution in [3.63, 3.8) is 0 Å². The average Bonchev–Trinajstić information content (AvgIpc) is 3.08. The van der Waals surface area contributed by atoms with E-state index < -0.39 is 5.97 Å². The number of thioether (sulfide) groups is 1. The number of aromatic nitrogens is 1. The first-order chi connectivity index (χ1) is 11.5. The Bertz CT molecular complexity index is 678. The molecule has 1 saturated heterocycles. The monoisotopic (exact) mass is 347 g/mol. The minimum absolute atomic E-state index is 0.0651. The molecule has 7 heteroatoms. The van der Waals surface area contributed by atoms with Crippen molar-refractivity contribution >= 4 is 23.6 Å². The number of nitriles is 1. The topological polar surface area (TPSA) is 83.3 Å². The van der Waals surface area contributed by atoms with Gasteiger partial charge in [0.15, 0.2) is 0 Å². The summed E-state index contributed by atoms with van der Waals surface area (Å²) < 4.78 is 4.98. The van der Waals surface area contributed by atoms with Crippen LogP contribution in [0.2, 0.25) is 0 Å². The zero-order valence-electron chi connectivity index (χ0n) is 14.2. The van der Waals surface area contributed by atoms with Crippen LogP contribution in [-0.4, -0.2) is 46.7 Å². The van der Waals surface area contributed by atoms with Crippen LogP contribution >= 0.6 is 11.8 Å². The van der Waals surface area contributed by atoms with E-state index >= 15 is 0 Å². The summed E-state index contributed by atoms with van der Waals surface area (Å²) in [4.78, 5) is 30.5. The minimum Gasteiger partial charge on any atom is -0.462 e. The third kappa shape index (κ3) is 4.06. The van der Waals surface area contributed by atoms with Crippen LogP contribution in [0, 0.1) is 18.3 Å². The van der Waals surface area contributed by atoms with Gasteiger partial charge in [0.1, 0.15) is 11.1 Å². The van der Waals surface area contributed by atoms with Crippen molar-refractivity contribution in [1.82, 2.24) is 9.88 Å². The molecule has 0 aromatic carbocycles. The highest BCUT2D eigenvalue weighted by molar-refractivity contribution is 8.00. The molecule has 0 bridgehead atoms. The summed E-state index contributed by atoms with van der Waals surface area (Å²) >= 11 is 1.26. The SMILES string of the molecule is CCOC(=O)c1cc(C#N)c(SC(C)C(=O)N2CCCC2)nc1C. The lowest BCUT2D eigenvalue weighted by molar-refractivity contribution is -0.129. The van der Waals surface area contributed by atoms with E-state index in [1.165, 1.54) is 17.8 Å². The molecule has 1 amide bonds. The number of nitrogens with zero attached hydrogens (tertiary/aromatic N) is 3. The van der Waals surface area contributed by atoms with E-state index in [2.05, 4.69) is 11.1 Å². The van der Waals surface area contributed by atoms with Gasteiger partial charge in [-0.15, -0.1) is 0 Å². The van der Waals surface area contributed by atoms with Crippen molar-refractivity contribution in [2.24, 2.45) is 0 Å². The highest BCUT2D eigenvalue weighted by Crippen LogP contribution is 2.28. The molecule has 1 aromatic heterocycles. The van der Waals surface area contributed by atoms with Crippen LogP contribution in [0.4, 0.5) is 0 Å². The van der Waals surface area contributed by atoms with Crippen molar-refractivity contribution in [3.05, 3.63) is 22.9 Å². The normalized spacial score (nSPS) is 15.0. The van der Waals surface area contributed by atoms with Gasteiger partial charge in [0, 0.05) is 13.1 Å². The van der Waals surface area contributed by atoms with Gasteiger partial charge >= 0.3 is 5.97 Å². The van der Waals surface area contributed by atoms with Crippen LogP contribution in [0.15, 0.2) is 11.1 Å². The van der Waals surface area contributed by atoms with Crippen LogP contribution in [0.25, 0.3) is 0 Å². The Labute approximate surface area is 146 Å². The number of hydrogen-bond acceptors (Lipinski definition) is 6. The number of rotatable bonds is 5. The molecule has 128 valence electrons. The summed E-state index contributed by atoms with van der Waals surface area (Å²) in [5, 5.41) is 9.51. The second-order valence-corrected chi connectivity index (χ2v) is 6.93. The van der Waals surface area contributed by atoms with Crippen LogP contribution in [-0.2, 0) is 9.53 Å². The maximum atomic E-state index is 12.4. The first kappa shape index (κ1) is 18.3. The number of carbonyl (C=O) groups excluding carboxylic acids is 2. The molecule has 1 fully saturated rings. The number of ether oxygens (including phenoxy) is 1. The summed E-state index contributed by atoms with van der Waals surface area (Å²) in [6.07, 6.45) is 2.08. The van der Waals surface area contributed by atoms with Crippen LogP contribution < -0.4 is 0 Å². The van der Waals surface area contributed by atoms with Crippen molar-refractivity contribution < 1.29 is 14.3 Å². The Morgan fingerprint density at radius 1 is 1.46 bits per heavy atom. The fraction of sp³-hybridized carbons (Fsp3) is 0.529. The molecule has 0 aliphatic carbocycles. The maximum absolute atomic E-state index is 12.4. The third-order valence-corrected chi connectivity index (χ3v) is 4.94. The molecule has 6 nitrogen and oxygen atoms in total. The number of esters is 1. The summed E-state index contributed by atoms with van der Waals surface area (Å²) in [5.41, 5.74) is 1.07. The maximum Gasteiger partial charge on any atom is 0.340 e. The average molecular weight is 347 g/mol. The van der Waals surface area contributed by atoms with Gasteiger partial charge in [-0.1, -0.05) is 11.8 Å². The molecular formula is C17H21N3O3S. The summed E-state index contributed by atoms with van der Waals surface area (Å²) in [7, 11) is 0. The lowest BCUT2D eigenvalue weighted by atomic mass is 10.1. The Kier molecular flexibility index (Phi) is 6.21. The van der Waals surface area contributed by atoms with Crippen molar-refractivity contribution in [1.29, 1.82) is 5.26 Å². The number of likely N-dealkylation sites (tertiary alicyclic amines) is 1. The molecule has 2 rings (SSSR count). The molecule has 2 heterocycles. The van der Waals surface area contributed by atoms with E-state index in [1.807, 2.05) is 11.8 Å². The van der Waals surface area contributed by atoms with Gasteiger partial charge in [-0.25, -0.2) is 9.78 Å². The zero-order chi connectivity index (χ0) is 17.7. The Morgan fingerprint density at radius 2 is 2.12 bits per heavy atom. The second kappa shape index (κ2) is 8.15. The Morgan fingerprint density at radius 3 is 2.71 bits per heavy atom. The van der Waals surface area contributed by atoms with E-state index in [0.717, 1.165) is 25.9 Å². The zero-order valence-corrected chi connectivity index (χ0v) is 15.0. The molecule has 1 aliphatic rings. The first-order valence-electron chi connectivity index (χ1n) is 8.02. The third-order valence-electron chi connectivity index (χ3n) is 3.85. The molecule has 1 atom stereocenters. The summed E-state index contributed by atoms with van der Waals surface area (Å²) in [6.45, 7) is 7.10. The van der Waals surface area contributed by atoms with E-state index in [1.54, 1.807) is 13.8 Å². The van der Waals surface area contributed by atoms with Gasteiger partial charge in [0.2, 0.25) is 5.91 Å².